The molecule has 0 spiro atoms. The fraction of sp³-hybridized carbons (Fsp3) is 0.556. The highest BCUT2D eigenvalue weighted by atomic mass is 16.5. The summed E-state index contributed by atoms with van der Waals surface area (Å²) in [6.07, 6.45) is 5.66. The summed E-state index contributed by atoms with van der Waals surface area (Å²) in [6.45, 7) is 30.3. The summed E-state index contributed by atoms with van der Waals surface area (Å²) < 4.78 is 20.6. The average molecular weight is 834 g/mol. The summed E-state index contributed by atoms with van der Waals surface area (Å²) in [5.74, 6) is 2.95. The quantitative estimate of drug-likeness (QED) is 0.0870. The predicted octanol–water partition coefficient (Wildman–Crippen LogP) is 10.8. The highest BCUT2D eigenvalue weighted by molar-refractivity contribution is 5.59. The van der Waals surface area contributed by atoms with Crippen LogP contribution in [0, 0.1) is 0 Å². The van der Waals surface area contributed by atoms with Gasteiger partial charge in [-0.2, -0.15) is 0 Å². The second-order valence-electron chi connectivity index (χ2n) is 21.5. The number of phenols is 1. The molecule has 334 valence electrons. The number of fused-ring (bicyclic) bond motifs is 8. The van der Waals surface area contributed by atoms with Gasteiger partial charge in [0.2, 0.25) is 0 Å². The van der Waals surface area contributed by atoms with E-state index in [1.54, 1.807) is 0 Å². The minimum absolute atomic E-state index is 0.137. The van der Waals surface area contributed by atoms with Crippen molar-refractivity contribution in [3.05, 3.63) is 115 Å². The third-order valence-corrected chi connectivity index (χ3v) is 12.0. The van der Waals surface area contributed by atoms with Crippen LogP contribution < -0.4 is 31.4 Å². The van der Waals surface area contributed by atoms with Gasteiger partial charge in [0, 0.05) is 32.2 Å². The topological polar surface area (TPSA) is 126 Å². The Kier molecular flexibility index (Phi) is 15.4. The van der Waals surface area contributed by atoms with Crippen molar-refractivity contribution in [1.82, 2.24) is 0 Å². The first-order chi connectivity index (χ1) is 28.5. The number of rotatable bonds is 13. The van der Waals surface area contributed by atoms with Gasteiger partial charge in [0.25, 0.3) is 0 Å². The number of hydrogen-bond acceptors (Lipinski definition) is 7. The number of ether oxygens (including phenoxy) is 3. The fourth-order valence-electron chi connectivity index (χ4n) is 8.19. The van der Waals surface area contributed by atoms with Crippen molar-refractivity contribution in [2.24, 2.45) is 17.2 Å². The summed E-state index contributed by atoms with van der Waals surface area (Å²) >= 11 is 0. The van der Waals surface area contributed by atoms with E-state index >= 15 is 0 Å². The van der Waals surface area contributed by atoms with Crippen LogP contribution in [-0.4, -0.2) is 44.6 Å². The number of hydrogen-bond donors (Lipinski definition) is 4. The monoisotopic (exact) mass is 834 g/mol. The first kappa shape index (κ1) is 48.0. The van der Waals surface area contributed by atoms with Crippen molar-refractivity contribution in [3.8, 4) is 23.0 Å². The van der Waals surface area contributed by atoms with Crippen LogP contribution in [0.15, 0.2) is 48.5 Å². The van der Waals surface area contributed by atoms with Crippen molar-refractivity contribution in [2.75, 3.05) is 39.5 Å². The lowest BCUT2D eigenvalue weighted by molar-refractivity contribution is 0.301. The Balaban J connectivity index is 1.95. The van der Waals surface area contributed by atoms with Crippen molar-refractivity contribution in [3.63, 3.8) is 0 Å². The van der Waals surface area contributed by atoms with E-state index in [1.807, 2.05) is 0 Å². The van der Waals surface area contributed by atoms with Gasteiger partial charge >= 0.3 is 0 Å². The van der Waals surface area contributed by atoms with Crippen LogP contribution >= 0.6 is 0 Å². The highest BCUT2D eigenvalue weighted by Crippen LogP contribution is 2.44. The third kappa shape index (κ3) is 12.1. The van der Waals surface area contributed by atoms with Gasteiger partial charge < -0.3 is 36.5 Å². The van der Waals surface area contributed by atoms with Gasteiger partial charge in [0.15, 0.2) is 0 Å². The van der Waals surface area contributed by atoms with Crippen LogP contribution in [0.1, 0.15) is 176 Å². The Morgan fingerprint density at radius 2 is 0.623 bits per heavy atom. The zero-order valence-corrected chi connectivity index (χ0v) is 39.9. The van der Waals surface area contributed by atoms with Gasteiger partial charge in [-0.3, -0.25) is 0 Å². The van der Waals surface area contributed by atoms with Crippen LogP contribution in [0.2, 0.25) is 0 Å². The number of phenolic OH excluding ortho intramolecular Hbond substituents is 1. The molecule has 61 heavy (non-hydrogen) atoms. The van der Waals surface area contributed by atoms with Crippen molar-refractivity contribution >= 4 is 0 Å². The van der Waals surface area contributed by atoms with Crippen LogP contribution in [0.5, 0.6) is 23.0 Å². The van der Waals surface area contributed by atoms with Gasteiger partial charge in [-0.1, -0.05) is 132 Å². The molecular formula is C54H79N3O4. The van der Waals surface area contributed by atoms with E-state index in [2.05, 4.69) is 132 Å². The molecule has 4 aromatic carbocycles. The molecule has 0 atom stereocenters. The molecule has 0 aliphatic heterocycles. The number of unbranched alkanes of at least 4 members (excludes halogenated alkanes) is 2. The number of benzene rings is 4. The van der Waals surface area contributed by atoms with E-state index in [1.165, 1.54) is 22.3 Å². The van der Waals surface area contributed by atoms with Gasteiger partial charge in [-0.05, 0) is 127 Å². The van der Waals surface area contributed by atoms with Gasteiger partial charge in [-0.15, -0.1) is 0 Å². The Morgan fingerprint density at radius 3 is 0.869 bits per heavy atom. The normalized spacial score (nSPS) is 13.6. The fourth-order valence-corrected chi connectivity index (χ4v) is 8.19. The van der Waals surface area contributed by atoms with E-state index in [0.29, 0.717) is 70.9 Å². The van der Waals surface area contributed by atoms with E-state index in [0.717, 1.165) is 87.4 Å². The lowest BCUT2D eigenvalue weighted by atomic mass is 9.79. The Hall–Kier alpha value is -4.04. The first-order valence-electron chi connectivity index (χ1n) is 22.9. The lowest BCUT2D eigenvalue weighted by Crippen LogP contribution is -2.18. The molecule has 8 bridgehead atoms. The minimum Gasteiger partial charge on any atom is -0.507 e. The first-order valence-corrected chi connectivity index (χ1v) is 22.9. The lowest BCUT2D eigenvalue weighted by Gasteiger charge is -2.29. The molecule has 4 aromatic rings. The summed E-state index contributed by atoms with van der Waals surface area (Å²) in [7, 11) is 0. The molecule has 5 rings (SSSR count). The van der Waals surface area contributed by atoms with E-state index < -0.39 is 0 Å². The van der Waals surface area contributed by atoms with E-state index in [4.69, 9.17) is 31.4 Å². The Bertz CT molecular complexity index is 2000. The summed E-state index contributed by atoms with van der Waals surface area (Å²) in [4.78, 5) is 0. The maximum atomic E-state index is 12.5. The largest absolute Gasteiger partial charge is 0.507 e. The molecule has 0 heterocycles. The van der Waals surface area contributed by atoms with Crippen LogP contribution in [0.25, 0.3) is 0 Å². The van der Waals surface area contributed by atoms with E-state index in [-0.39, 0.29) is 21.7 Å². The molecule has 7 heteroatoms. The average Bonchev–Trinajstić information content (AvgIpc) is 3.15. The zero-order valence-electron chi connectivity index (χ0n) is 39.9. The zero-order chi connectivity index (χ0) is 44.9. The summed E-state index contributed by atoms with van der Waals surface area (Å²) in [5.41, 5.74) is 30.7. The second kappa shape index (κ2) is 19.6. The molecular weight excluding hydrogens is 755 g/mol. The smallest absolute Gasteiger partial charge is 0.126 e. The molecule has 7 nitrogen and oxygen atoms in total. The Morgan fingerprint density at radius 1 is 0.377 bits per heavy atom. The molecule has 0 fully saturated rings. The maximum absolute atomic E-state index is 12.5. The van der Waals surface area contributed by atoms with Gasteiger partial charge in [-0.25, -0.2) is 0 Å². The van der Waals surface area contributed by atoms with Gasteiger partial charge in [0.1, 0.15) is 29.6 Å². The maximum Gasteiger partial charge on any atom is 0.126 e. The SMILES string of the molecule is CC(C)(C)c1cc2c(O)c(c1)Cc1cc(C(C)(C)C)cc(c1OCCCCN)Cc1cc(C(C)(C)C)cc(c1OCCN)Cc1cc(C(C)(C)C)cc(c1OCCCCN)C2. The number of nitrogens with two attached hydrogens (primary N) is 3. The molecule has 0 saturated carbocycles. The second-order valence-corrected chi connectivity index (χ2v) is 21.5. The molecule has 1 aliphatic carbocycles. The van der Waals surface area contributed by atoms with Gasteiger partial charge in [0.05, 0.1) is 13.2 Å². The molecule has 0 aromatic heterocycles. The summed E-state index contributed by atoms with van der Waals surface area (Å²) in [6, 6.07) is 18.4. The van der Waals surface area contributed by atoms with Crippen molar-refractivity contribution in [1.29, 1.82) is 0 Å². The van der Waals surface area contributed by atoms with E-state index in [9.17, 15) is 5.11 Å². The van der Waals surface area contributed by atoms with Crippen molar-refractivity contribution in [2.45, 2.75) is 156 Å². The molecule has 7 N–H and O–H groups in total. The highest BCUT2D eigenvalue weighted by Gasteiger charge is 2.29. The third-order valence-electron chi connectivity index (χ3n) is 12.0. The standard InChI is InChI=1S/C54H79N3O4/c1-51(2,3)43-27-35-23-37-29-44(52(4,5)6)31-39(48(37)59-20-15-13-17-55)25-41-33-46(54(10,11)12)34-42(50(41)61-22-19-57)26-40-32-45(53(7,8)9)30-38(24-36(28-43)47(35)58)49(40)60-21-16-14-18-56/h27-34,58H,13-26,55-57H2,1-12H3. The predicted molar refractivity (Wildman–Crippen MR) is 256 cm³/mol. The molecule has 0 saturated heterocycles. The molecule has 0 radical (unpaired) electrons. The van der Waals surface area contributed by atoms with Crippen molar-refractivity contribution < 1.29 is 19.3 Å². The molecule has 0 amide bonds. The Labute approximate surface area is 369 Å². The molecule has 1 aliphatic rings. The minimum atomic E-state index is -0.161. The summed E-state index contributed by atoms with van der Waals surface area (Å²) in [5, 5.41) is 12.5. The van der Waals surface area contributed by atoms with Crippen LogP contribution in [-0.2, 0) is 47.3 Å². The molecule has 0 unspecified atom stereocenters. The number of aromatic hydroxyl groups is 1. The van der Waals surface area contributed by atoms with Crippen LogP contribution in [0.4, 0.5) is 0 Å². The van der Waals surface area contributed by atoms with Crippen LogP contribution in [0.3, 0.4) is 0 Å².